The Hall–Kier alpha value is -3.99. The smallest absolute Gasteiger partial charge is 0.355 e. The van der Waals surface area contributed by atoms with Gasteiger partial charge >= 0.3 is 5.97 Å². The molecule has 10 heteroatoms. The number of thiazole rings is 1. The monoisotopic (exact) mass is 572 g/mol. The number of hydrogen-bond donors (Lipinski definition) is 2. The highest BCUT2D eigenvalue weighted by Crippen LogP contribution is 2.46. The van der Waals surface area contributed by atoms with Gasteiger partial charge in [0.15, 0.2) is 5.69 Å². The predicted octanol–water partition coefficient (Wildman–Crippen LogP) is 6.26. The molecule has 5 aromatic rings. The molecule has 0 spiro atoms. The average molecular weight is 573 g/mol. The zero-order chi connectivity index (χ0) is 28.0. The molecule has 40 heavy (non-hydrogen) atoms. The van der Waals surface area contributed by atoms with E-state index in [1.165, 1.54) is 28.3 Å². The summed E-state index contributed by atoms with van der Waals surface area (Å²) >= 11 is 1.21. The second-order valence-electron chi connectivity index (χ2n) is 9.89. The molecule has 2 heterocycles. The van der Waals surface area contributed by atoms with E-state index in [1.54, 1.807) is 16.8 Å². The zero-order valence-corrected chi connectivity index (χ0v) is 23.1. The molecule has 6 rings (SSSR count). The Morgan fingerprint density at radius 3 is 2.50 bits per heavy atom. The number of aryl methyl sites for hydroxylation is 1. The van der Waals surface area contributed by atoms with Gasteiger partial charge in [0.25, 0.3) is 0 Å². The highest BCUT2D eigenvalue weighted by Gasteiger charge is 2.34. The molecule has 1 atom stereocenters. The Labute approximate surface area is 236 Å². The fourth-order valence-corrected chi connectivity index (χ4v) is 6.01. The molecule has 202 valence electrons. The molecule has 0 bridgehead atoms. The molecular weight excluding hydrogens is 547 g/mol. The van der Waals surface area contributed by atoms with E-state index < -0.39 is 22.8 Å². The lowest BCUT2D eigenvalue weighted by atomic mass is 9.95. The number of aromatic nitrogens is 3. The molecule has 2 aromatic heterocycles. The summed E-state index contributed by atoms with van der Waals surface area (Å²) in [7, 11) is -1.79. The highest BCUT2D eigenvalue weighted by molar-refractivity contribution is 7.82. The standard InChI is InChI=1S/C30H25FN4O3S2/c1-17-5-7-18(8-6-17)20-3-2-4-22(13-20)27-24(14-21-11-12-23(40(32)38)15-25(21)31)28(19-9-10-19)35(34-27)30-33-26(16-39-30)29(36)37/h2-8,11-13,15-16,19H,9-10,14,32H2,1H3,(H,36,37). The van der Waals surface area contributed by atoms with Crippen LogP contribution < -0.4 is 5.14 Å². The lowest BCUT2D eigenvalue weighted by Gasteiger charge is -2.10. The number of benzene rings is 3. The lowest BCUT2D eigenvalue weighted by Crippen LogP contribution is -2.06. The van der Waals surface area contributed by atoms with Crippen molar-refractivity contribution in [2.24, 2.45) is 5.14 Å². The molecule has 1 fully saturated rings. The number of nitrogens with two attached hydrogens (primary N) is 1. The summed E-state index contributed by atoms with van der Waals surface area (Å²) in [5.74, 6) is -1.39. The number of halogens is 1. The third kappa shape index (κ3) is 5.13. The molecule has 3 aromatic carbocycles. The maximum Gasteiger partial charge on any atom is 0.355 e. The van der Waals surface area contributed by atoms with E-state index in [4.69, 9.17) is 10.2 Å². The van der Waals surface area contributed by atoms with Gasteiger partial charge in [-0.3, -0.25) is 0 Å². The number of nitrogens with zero attached hydrogens (tertiary/aromatic N) is 3. The van der Waals surface area contributed by atoms with E-state index >= 15 is 4.39 Å². The van der Waals surface area contributed by atoms with Crippen LogP contribution in [0.2, 0.25) is 0 Å². The lowest BCUT2D eigenvalue weighted by molar-refractivity contribution is 0.0691. The number of hydrogen-bond acceptors (Lipinski definition) is 5. The minimum Gasteiger partial charge on any atom is -0.476 e. The number of rotatable bonds is 8. The Morgan fingerprint density at radius 2 is 1.85 bits per heavy atom. The van der Waals surface area contributed by atoms with Gasteiger partial charge in [-0.1, -0.05) is 54.1 Å². The van der Waals surface area contributed by atoms with Gasteiger partial charge in [-0.15, -0.1) is 11.3 Å². The Kier molecular flexibility index (Phi) is 6.91. The Morgan fingerprint density at radius 1 is 1.10 bits per heavy atom. The molecule has 0 aliphatic heterocycles. The van der Waals surface area contributed by atoms with Gasteiger partial charge in [-0.05, 0) is 54.7 Å². The molecule has 1 unspecified atom stereocenters. The van der Waals surface area contributed by atoms with E-state index in [2.05, 4.69) is 35.3 Å². The zero-order valence-electron chi connectivity index (χ0n) is 21.5. The molecule has 0 amide bonds. The maximum atomic E-state index is 15.2. The highest BCUT2D eigenvalue weighted by atomic mass is 32.2. The van der Waals surface area contributed by atoms with Gasteiger partial charge in [0.2, 0.25) is 5.13 Å². The van der Waals surface area contributed by atoms with Crippen LogP contribution in [-0.2, 0) is 17.4 Å². The van der Waals surface area contributed by atoms with Gasteiger partial charge in [0.05, 0.1) is 16.3 Å². The van der Waals surface area contributed by atoms with Gasteiger partial charge in [-0.2, -0.15) is 5.10 Å². The SMILES string of the molecule is Cc1ccc(-c2cccc(-c3nn(-c4nc(C(=O)O)cs4)c(C4CC4)c3Cc3ccc(S(N)=O)cc3F)c2)cc1. The van der Waals surface area contributed by atoms with Crippen molar-refractivity contribution in [2.75, 3.05) is 0 Å². The van der Waals surface area contributed by atoms with Crippen LogP contribution in [-0.4, -0.2) is 30.0 Å². The summed E-state index contributed by atoms with van der Waals surface area (Å²) in [6.07, 6.45) is 2.15. The Bertz CT molecular complexity index is 1770. The van der Waals surface area contributed by atoms with Crippen molar-refractivity contribution in [3.8, 4) is 27.5 Å². The van der Waals surface area contributed by atoms with Crippen molar-refractivity contribution >= 4 is 28.3 Å². The second kappa shape index (κ2) is 10.5. The van der Waals surface area contributed by atoms with Crippen molar-refractivity contribution in [1.82, 2.24) is 14.8 Å². The first-order chi connectivity index (χ1) is 19.3. The predicted molar refractivity (Wildman–Crippen MR) is 154 cm³/mol. The maximum absolute atomic E-state index is 15.2. The number of carboxylic acids is 1. The minimum absolute atomic E-state index is 0.0434. The van der Waals surface area contributed by atoms with Crippen molar-refractivity contribution in [1.29, 1.82) is 0 Å². The third-order valence-corrected chi connectivity index (χ3v) is 8.56. The Balaban J connectivity index is 1.52. The summed E-state index contributed by atoms with van der Waals surface area (Å²) < 4.78 is 28.7. The summed E-state index contributed by atoms with van der Waals surface area (Å²) in [6, 6.07) is 20.7. The van der Waals surface area contributed by atoms with Crippen LogP contribution in [0.4, 0.5) is 4.39 Å². The van der Waals surface area contributed by atoms with Crippen LogP contribution >= 0.6 is 11.3 Å². The van der Waals surface area contributed by atoms with E-state index in [0.717, 1.165) is 40.8 Å². The van der Waals surface area contributed by atoms with Crippen molar-refractivity contribution in [3.05, 3.63) is 106 Å². The van der Waals surface area contributed by atoms with Gasteiger partial charge in [0, 0.05) is 28.8 Å². The molecule has 3 N–H and O–H groups in total. The van der Waals surface area contributed by atoms with E-state index in [-0.39, 0.29) is 22.9 Å². The van der Waals surface area contributed by atoms with Gasteiger partial charge < -0.3 is 5.11 Å². The topological polar surface area (TPSA) is 111 Å². The van der Waals surface area contributed by atoms with Gasteiger partial charge in [0.1, 0.15) is 16.8 Å². The van der Waals surface area contributed by atoms with Gasteiger partial charge in [-0.25, -0.2) is 28.2 Å². The third-order valence-electron chi connectivity index (χ3n) is 7.02. The first-order valence-corrected chi connectivity index (χ1v) is 14.8. The summed E-state index contributed by atoms with van der Waals surface area (Å²) in [5.41, 5.74) is 6.97. The molecule has 1 aliphatic carbocycles. The van der Waals surface area contributed by atoms with Crippen LogP contribution in [0.25, 0.3) is 27.5 Å². The van der Waals surface area contributed by atoms with Crippen LogP contribution in [0.3, 0.4) is 0 Å². The molecule has 0 radical (unpaired) electrons. The molecular formula is C30H25FN4O3S2. The van der Waals surface area contributed by atoms with Crippen LogP contribution in [0.15, 0.2) is 77.0 Å². The number of carbonyl (C=O) groups is 1. The van der Waals surface area contributed by atoms with Crippen LogP contribution in [0.5, 0.6) is 0 Å². The van der Waals surface area contributed by atoms with Crippen LogP contribution in [0, 0.1) is 12.7 Å². The van der Waals surface area contributed by atoms with E-state index in [0.29, 0.717) is 16.4 Å². The summed E-state index contributed by atoms with van der Waals surface area (Å²) in [6.45, 7) is 2.05. The van der Waals surface area contributed by atoms with Crippen molar-refractivity contribution in [2.45, 2.75) is 37.0 Å². The minimum atomic E-state index is -1.79. The van der Waals surface area contributed by atoms with E-state index in [1.807, 2.05) is 25.1 Å². The number of carboxylic acid groups (broad SMARTS) is 1. The normalized spacial score (nSPS) is 13.9. The summed E-state index contributed by atoms with van der Waals surface area (Å²) in [4.78, 5) is 16.1. The average Bonchev–Trinajstić information content (AvgIpc) is 3.52. The fraction of sp³-hybridized carbons (Fsp3) is 0.167. The molecule has 0 saturated heterocycles. The largest absolute Gasteiger partial charge is 0.476 e. The second-order valence-corrected chi connectivity index (χ2v) is 11.8. The van der Waals surface area contributed by atoms with E-state index in [9.17, 15) is 14.1 Å². The molecule has 1 aliphatic rings. The summed E-state index contributed by atoms with van der Waals surface area (Å²) in [5, 5.41) is 21.9. The first-order valence-electron chi connectivity index (χ1n) is 12.7. The quantitative estimate of drug-likeness (QED) is 0.228. The molecule has 1 saturated carbocycles. The van der Waals surface area contributed by atoms with Crippen molar-refractivity contribution in [3.63, 3.8) is 0 Å². The fourth-order valence-electron chi connectivity index (χ4n) is 4.83. The van der Waals surface area contributed by atoms with Crippen LogP contribution in [0.1, 0.15) is 51.6 Å². The molecule has 7 nitrogen and oxygen atoms in total. The number of aromatic carboxylic acids is 1. The van der Waals surface area contributed by atoms with Crippen molar-refractivity contribution < 1.29 is 18.5 Å². The first kappa shape index (κ1) is 26.2.